The molecule has 0 aromatic carbocycles. The Balaban J connectivity index is 1.57. The van der Waals surface area contributed by atoms with Crippen LogP contribution in [0.25, 0.3) is 10.3 Å². The van der Waals surface area contributed by atoms with Crippen molar-refractivity contribution in [3.8, 4) is 0 Å². The number of hydrogen-bond donors (Lipinski definition) is 2. The van der Waals surface area contributed by atoms with E-state index in [0.717, 1.165) is 13.0 Å². The van der Waals surface area contributed by atoms with E-state index in [-0.39, 0.29) is 18.1 Å². The molecule has 1 aliphatic heterocycles. The molecule has 3 N–H and O–H groups in total. The number of aromatic nitrogens is 2. The molecular weight excluding hydrogens is 288 g/mol. The molecule has 2 aromatic heterocycles. The number of ether oxygens (including phenoxy) is 1. The zero-order chi connectivity index (χ0) is 14.4. The minimum absolute atomic E-state index is 0.0931. The van der Waals surface area contributed by atoms with Gasteiger partial charge in [-0.05, 0) is 25.2 Å². The molecule has 7 heteroatoms. The highest BCUT2D eigenvalue weighted by Crippen LogP contribution is 2.39. The fourth-order valence-corrected chi connectivity index (χ4v) is 3.83. The van der Waals surface area contributed by atoms with Gasteiger partial charge in [-0.3, -0.25) is 4.79 Å². The van der Waals surface area contributed by atoms with E-state index < -0.39 is 0 Å². The van der Waals surface area contributed by atoms with Gasteiger partial charge in [-0.25, -0.2) is 9.97 Å². The number of rotatable bonds is 3. The monoisotopic (exact) mass is 304 g/mol. The van der Waals surface area contributed by atoms with Crippen LogP contribution in [0.3, 0.4) is 0 Å². The third-order valence-electron chi connectivity index (χ3n) is 4.11. The lowest BCUT2D eigenvalue weighted by Crippen LogP contribution is -2.41. The maximum absolute atomic E-state index is 12.5. The van der Waals surface area contributed by atoms with E-state index in [4.69, 9.17) is 10.5 Å². The molecule has 21 heavy (non-hydrogen) atoms. The summed E-state index contributed by atoms with van der Waals surface area (Å²) in [7, 11) is 0. The SMILES string of the molecule is Nc1c(C(=O)NC2CCOC2C2CC2)sc2nccnc12. The summed E-state index contributed by atoms with van der Waals surface area (Å²) in [5, 5.41) is 3.08. The van der Waals surface area contributed by atoms with Gasteiger partial charge in [0, 0.05) is 19.0 Å². The number of amides is 1. The van der Waals surface area contributed by atoms with Gasteiger partial charge in [0.2, 0.25) is 0 Å². The van der Waals surface area contributed by atoms with Crippen LogP contribution in [0.4, 0.5) is 5.69 Å². The van der Waals surface area contributed by atoms with Crippen LogP contribution in [0.5, 0.6) is 0 Å². The highest BCUT2D eigenvalue weighted by Gasteiger charge is 2.41. The molecule has 3 heterocycles. The van der Waals surface area contributed by atoms with Crippen molar-refractivity contribution < 1.29 is 9.53 Å². The van der Waals surface area contributed by atoms with E-state index in [9.17, 15) is 4.79 Å². The van der Waals surface area contributed by atoms with Gasteiger partial charge in [-0.2, -0.15) is 0 Å². The van der Waals surface area contributed by atoms with Crippen molar-refractivity contribution in [2.45, 2.75) is 31.4 Å². The molecule has 110 valence electrons. The third-order valence-corrected chi connectivity index (χ3v) is 5.21. The Hall–Kier alpha value is -1.73. The number of hydrogen-bond acceptors (Lipinski definition) is 6. The van der Waals surface area contributed by atoms with Crippen LogP contribution in [0.15, 0.2) is 12.4 Å². The predicted octanol–water partition coefficient (Wildman–Crippen LogP) is 1.57. The largest absolute Gasteiger partial charge is 0.396 e. The van der Waals surface area contributed by atoms with Gasteiger partial charge in [-0.1, -0.05) is 0 Å². The van der Waals surface area contributed by atoms with Gasteiger partial charge in [0.25, 0.3) is 5.91 Å². The molecule has 1 aliphatic carbocycles. The van der Waals surface area contributed by atoms with Crippen LogP contribution < -0.4 is 11.1 Å². The van der Waals surface area contributed by atoms with Gasteiger partial charge < -0.3 is 15.8 Å². The second-order valence-corrected chi connectivity index (χ2v) is 6.60. The maximum atomic E-state index is 12.5. The minimum Gasteiger partial charge on any atom is -0.396 e. The number of anilines is 1. The lowest BCUT2D eigenvalue weighted by Gasteiger charge is -2.19. The smallest absolute Gasteiger partial charge is 0.263 e. The number of nitrogen functional groups attached to an aromatic ring is 1. The summed E-state index contributed by atoms with van der Waals surface area (Å²) in [6.45, 7) is 0.719. The first-order chi connectivity index (χ1) is 10.2. The van der Waals surface area contributed by atoms with Crippen molar-refractivity contribution in [3.05, 3.63) is 17.3 Å². The van der Waals surface area contributed by atoms with E-state index in [1.165, 1.54) is 24.2 Å². The summed E-state index contributed by atoms with van der Waals surface area (Å²) in [5.41, 5.74) is 7.06. The minimum atomic E-state index is -0.140. The van der Waals surface area contributed by atoms with Gasteiger partial charge in [-0.15, -0.1) is 11.3 Å². The van der Waals surface area contributed by atoms with Crippen LogP contribution in [0, 0.1) is 5.92 Å². The summed E-state index contributed by atoms with van der Waals surface area (Å²) >= 11 is 1.29. The van der Waals surface area contributed by atoms with E-state index in [1.54, 1.807) is 12.4 Å². The topological polar surface area (TPSA) is 90.1 Å². The first-order valence-corrected chi connectivity index (χ1v) is 7.97. The summed E-state index contributed by atoms with van der Waals surface area (Å²) in [4.78, 5) is 22.1. The van der Waals surface area contributed by atoms with Crippen molar-refractivity contribution in [2.24, 2.45) is 5.92 Å². The summed E-state index contributed by atoms with van der Waals surface area (Å²) in [6.07, 6.45) is 6.63. The lowest BCUT2D eigenvalue weighted by molar-refractivity contribution is 0.0732. The third kappa shape index (κ3) is 2.26. The first kappa shape index (κ1) is 13.0. The van der Waals surface area contributed by atoms with Crippen molar-refractivity contribution in [1.82, 2.24) is 15.3 Å². The Bertz CT molecular complexity index is 697. The number of carbonyl (C=O) groups excluding carboxylic acids is 1. The predicted molar refractivity (Wildman–Crippen MR) is 80.2 cm³/mol. The number of nitrogens with one attached hydrogen (secondary N) is 1. The highest BCUT2D eigenvalue weighted by molar-refractivity contribution is 7.21. The molecule has 0 bridgehead atoms. The van der Waals surface area contributed by atoms with Crippen molar-refractivity contribution >= 4 is 33.3 Å². The fourth-order valence-electron chi connectivity index (χ4n) is 2.90. The summed E-state index contributed by atoms with van der Waals surface area (Å²) < 4.78 is 5.75. The number of nitrogens with two attached hydrogens (primary N) is 1. The molecule has 2 aliphatic rings. The number of fused-ring (bicyclic) bond motifs is 1. The molecule has 1 saturated heterocycles. The summed E-state index contributed by atoms with van der Waals surface area (Å²) in [5.74, 6) is 0.472. The number of nitrogens with zero attached hydrogens (tertiary/aromatic N) is 2. The molecule has 2 aromatic rings. The molecule has 1 amide bonds. The Labute approximate surface area is 125 Å². The standard InChI is InChI=1S/C14H16N4O2S/c15-9-10-14(17-5-4-16-10)21-12(9)13(19)18-8-3-6-20-11(8)7-1-2-7/h4-5,7-8,11H,1-3,6,15H2,(H,18,19). The molecule has 2 fully saturated rings. The molecule has 0 radical (unpaired) electrons. The number of thiophene rings is 1. The zero-order valence-corrected chi connectivity index (χ0v) is 12.2. The van der Waals surface area contributed by atoms with Crippen molar-refractivity contribution in [3.63, 3.8) is 0 Å². The average molecular weight is 304 g/mol. The van der Waals surface area contributed by atoms with Crippen LogP contribution >= 0.6 is 11.3 Å². The van der Waals surface area contributed by atoms with E-state index in [2.05, 4.69) is 15.3 Å². The fraction of sp³-hybridized carbons (Fsp3) is 0.500. The highest BCUT2D eigenvalue weighted by atomic mass is 32.1. The Morgan fingerprint density at radius 3 is 2.90 bits per heavy atom. The first-order valence-electron chi connectivity index (χ1n) is 7.15. The Kier molecular flexibility index (Phi) is 3.04. The van der Waals surface area contributed by atoms with Crippen molar-refractivity contribution in [2.75, 3.05) is 12.3 Å². The lowest BCUT2D eigenvalue weighted by atomic mass is 10.1. The van der Waals surface area contributed by atoms with Gasteiger partial charge in [0.15, 0.2) is 0 Å². The summed E-state index contributed by atoms with van der Waals surface area (Å²) in [6, 6.07) is 0.0931. The zero-order valence-electron chi connectivity index (χ0n) is 11.4. The normalized spacial score (nSPS) is 25.3. The second kappa shape index (κ2) is 4.92. The van der Waals surface area contributed by atoms with Crippen LogP contribution in [0.2, 0.25) is 0 Å². The molecular formula is C14H16N4O2S. The van der Waals surface area contributed by atoms with Gasteiger partial charge in [0.1, 0.15) is 15.2 Å². The van der Waals surface area contributed by atoms with Crippen LogP contribution in [0.1, 0.15) is 28.9 Å². The molecule has 4 rings (SSSR count). The molecule has 1 saturated carbocycles. The van der Waals surface area contributed by atoms with Crippen LogP contribution in [-0.2, 0) is 4.74 Å². The Morgan fingerprint density at radius 1 is 1.33 bits per heavy atom. The molecule has 2 atom stereocenters. The maximum Gasteiger partial charge on any atom is 0.263 e. The van der Waals surface area contributed by atoms with Gasteiger partial charge in [0.05, 0.1) is 17.8 Å². The molecule has 2 unspecified atom stereocenters. The van der Waals surface area contributed by atoms with Gasteiger partial charge >= 0.3 is 0 Å². The molecule has 6 nitrogen and oxygen atoms in total. The van der Waals surface area contributed by atoms with E-state index >= 15 is 0 Å². The average Bonchev–Trinajstić information content (AvgIpc) is 3.15. The quantitative estimate of drug-likeness (QED) is 0.898. The van der Waals surface area contributed by atoms with Crippen LogP contribution in [-0.4, -0.2) is 34.6 Å². The molecule has 0 spiro atoms. The second-order valence-electron chi connectivity index (χ2n) is 5.60. The van der Waals surface area contributed by atoms with E-state index in [1.807, 2.05) is 0 Å². The Morgan fingerprint density at radius 2 is 2.14 bits per heavy atom. The number of carbonyl (C=O) groups is 1. The van der Waals surface area contributed by atoms with E-state index in [0.29, 0.717) is 26.8 Å². The van der Waals surface area contributed by atoms with Crippen molar-refractivity contribution in [1.29, 1.82) is 0 Å².